The number of nitrogens with one attached hydrogen (secondary N) is 1. The molecule has 0 saturated heterocycles. The zero-order chi connectivity index (χ0) is 16.2. The van der Waals surface area contributed by atoms with Crippen LogP contribution in [0.15, 0.2) is 59.6 Å². The number of pyridine rings is 1. The number of rotatable bonds is 4. The molecule has 1 N–H and O–H groups in total. The third-order valence-corrected chi connectivity index (χ3v) is 4.58. The fourth-order valence-corrected chi connectivity index (χ4v) is 3.53. The SMILES string of the molecule is O=C(CSc1cccc2cccnc12)Nc1cc(Cl)cc(Cl)c1. The molecular formula is C17H12Cl2N2OS. The van der Waals surface area contributed by atoms with Crippen LogP contribution in [0, 0.1) is 0 Å². The maximum absolute atomic E-state index is 12.1. The summed E-state index contributed by atoms with van der Waals surface area (Å²) in [5, 5.41) is 4.82. The van der Waals surface area contributed by atoms with E-state index >= 15 is 0 Å². The van der Waals surface area contributed by atoms with Crippen LogP contribution in [0.1, 0.15) is 0 Å². The van der Waals surface area contributed by atoms with Gasteiger partial charge >= 0.3 is 0 Å². The number of aromatic nitrogens is 1. The molecule has 0 unspecified atom stereocenters. The highest BCUT2D eigenvalue weighted by Gasteiger charge is 2.08. The Morgan fingerprint density at radius 2 is 1.83 bits per heavy atom. The molecule has 3 aromatic rings. The zero-order valence-electron chi connectivity index (χ0n) is 11.9. The van der Waals surface area contributed by atoms with E-state index in [9.17, 15) is 4.79 Å². The fourth-order valence-electron chi connectivity index (χ4n) is 2.16. The van der Waals surface area contributed by atoms with Crippen molar-refractivity contribution in [2.75, 3.05) is 11.1 Å². The molecule has 0 fully saturated rings. The Balaban J connectivity index is 1.68. The summed E-state index contributed by atoms with van der Waals surface area (Å²) in [5.41, 5.74) is 1.49. The maximum Gasteiger partial charge on any atom is 0.234 e. The van der Waals surface area contributed by atoms with Gasteiger partial charge in [0, 0.05) is 32.2 Å². The average molecular weight is 363 g/mol. The van der Waals surface area contributed by atoms with Gasteiger partial charge in [-0.3, -0.25) is 9.78 Å². The molecule has 0 aliphatic rings. The van der Waals surface area contributed by atoms with Crippen LogP contribution < -0.4 is 5.32 Å². The molecule has 0 spiro atoms. The van der Waals surface area contributed by atoms with Crippen LogP contribution in [0.5, 0.6) is 0 Å². The van der Waals surface area contributed by atoms with Gasteiger partial charge in [0.25, 0.3) is 0 Å². The van der Waals surface area contributed by atoms with E-state index in [0.29, 0.717) is 15.7 Å². The van der Waals surface area contributed by atoms with Gasteiger partial charge in [0.15, 0.2) is 0 Å². The highest BCUT2D eigenvalue weighted by molar-refractivity contribution is 8.00. The minimum Gasteiger partial charge on any atom is -0.325 e. The Hall–Kier alpha value is -1.75. The molecule has 1 amide bonds. The number of thioether (sulfide) groups is 1. The average Bonchev–Trinajstić information content (AvgIpc) is 2.52. The van der Waals surface area contributed by atoms with E-state index in [2.05, 4.69) is 10.3 Å². The minimum absolute atomic E-state index is 0.124. The molecule has 3 nitrogen and oxygen atoms in total. The van der Waals surface area contributed by atoms with Gasteiger partial charge in [-0.25, -0.2) is 0 Å². The predicted octanol–water partition coefficient (Wildman–Crippen LogP) is 5.27. The van der Waals surface area contributed by atoms with E-state index in [1.807, 2.05) is 30.3 Å². The number of carbonyl (C=O) groups excluding carboxylic acids is 1. The van der Waals surface area contributed by atoms with Crippen molar-refractivity contribution in [2.45, 2.75) is 4.90 Å². The first-order chi connectivity index (χ1) is 11.1. The number of amides is 1. The molecule has 0 atom stereocenters. The summed E-state index contributed by atoms with van der Waals surface area (Å²) in [6.07, 6.45) is 1.75. The molecule has 3 rings (SSSR count). The van der Waals surface area contributed by atoms with E-state index in [0.717, 1.165) is 15.8 Å². The van der Waals surface area contributed by atoms with Gasteiger partial charge in [-0.15, -0.1) is 11.8 Å². The summed E-state index contributed by atoms with van der Waals surface area (Å²) in [5.74, 6) is 0.154. The summed E-state index contributed by atoms with van der Waals surface area (Å²) in [4.78, 5) is 17.5. The Bertz CT molecular complexity index is 845. The van der Waals surface area contributed by atoms with Crippen LogP contribution >= 0.6 is 35.0 Å². The van der Waals surface area contributed by atoms with E-state index in [1.54, 1.807) is 24.4 Å². The first kappa shape index (κ1) is 16.1. The first-order valence-electron chi connectivity index (χ1n) is 6.84. The first-order valence-corrected chi connectivity index (χ1v) is 8.58. The van der Waals surface area contributed by atoms with Crippen molar-refractivity contribution in [1.29, 1.82) is 0 Å². The van der Waals surface area contributed by atoms with E-state index in [4.69, 9.17) is 23.2 Å². The molecule has 2 aromatic carbocycles. The summed E-state index contributed by atoms with van der Waals surface area (Å²) < 4.78 is 0. The van der Waals surface area contributed by atoms with Crippen molar-refractivity contribution in [3.05, 3.63) is 64.8 Å². The van der Waals surface area contributed by atoms with Crippen LogP contribution in [0.2, 0.25) is 10.0 Å². The second kappa shape index (κ2) is 7.21. The molecule has 1 heterocycles. The number of para-hydroxylation sites is 1. The van der Waals surface area contributed by atoms with Crippen LogP contribution in [0.4, 0.5) is 5.69 Å². The Morgan fingerprint density at radius 1 is 1.09 bits per heavy atom. The second-order valence-electron chi connectivity index (χ2n) is 4.83. The summed E-state index contributed by atoms with van der Waals surface area (Å²) in [6.45, 7) is 0. The van der Waals surface area contributed by atoms with Crippen LogP contribution in [-0.2, 0) is 4.79 Å². The third-order valence-electron chi connectivity index (χ3n) is 3.10. The van der Waals surface area contributed by atoms with Gasteiger partial charge in [-0.1, -0.05) is 41.4 Å². The van der Waals surface area contributed by atoms with E-state index < -0.39 is 0 Å². The van der Waals surface area contributed by atoms with Crippen LogP contribution in [0.25, 0.3) is 10.9 Å². The number of hydrogen-bond donors (Lipinski definition) is 1. The molecule has 0 bridgehead atoms. The molecular weight excluding hydrogens is 351 g/mol. The lowest BCUT2D eigenvalue weighted by Gasteiger charge is -2.07. The predicted molar refractivity (Wildman–Crippen MR) is 97.6 cm³/mol. The minimum atomic E-state index is -0.124. The van der Waals surface area contributed by atoms with Crippen molar-refractivity contribution in [3.8, 4) is 0 Å². The molecule has 1 aromatic heterocycles. The van der Waals surface area contributed by atoms with Crippen molar-refractivity contribution in [1.82, 2.24) is 4.98 Å². The number of benzene rings is 2. The van der Waals surface area contributed by atoms with Gasteiger partial charge in [0.2, 0.25) is 5.91 Å². The van der Waals surface area contributed by atoms with Crippen LogP contribution in [-0.4, -0.2) is 16.6 Å². The van der Waals surface area contributed by atoms with Gasteiger partial charge < -0.3 is 5.32 Å². The monoisotopic (exact) mass is 362 g/mol. The molecule has 116 valence electrons. The standard InChI is InChI=1S/C17H12Cl2N2OS/c18-12-7-13(19)9-14(8-12)21-16(22)10-23-15-5-1-3-11-4-2-6-20-17(11)15/h1-9H,10H2,(H,21,22). The molecule has 0 aliphatic heterocycles. The van der Waals surface area contributed by atoms with Crippen molar-refractivity contribution in [3.63, 3.8) is 0 Å². The second-order valence-corrected chi connectivity index (χ2v) is 6.72. The van der Waals surface area contributed by atoms with E-state index in [1.165, 1.54) is 11.8 Å². The largest absolute Gasteiger partial charge is 0.325 e. The lowest BCUT2D eigenvalue weighted by atomic mass is 10.2. The van der Waals surface area contributed by atoms with Crippen molar-refractivity contribution < 1.29 is 4.79 Å². The summed E-state index contributed by atoms with van der Waals surface area (Å²) >= 11 is 13.3. The number of nitrogens with zero attached hydrogens (tertiary/aromatic N) is 1. The number of halogens is 2. The molecule has 6 heteroatoms. The van der Waals surface area contributed by atoms with Gasteiger partial charge in [0.05, 0.1) is 11.3 Å². The Labute approximate surface area is 148 Å². The van der Waals surface area contributed by atoms with E-state index in [-0.39, 0.29) is 11.7 Å². The zero-order valence-corrected chi connectivity index (χ0v) is 14.3. The Kier molecular flexibility index (Phi) is 5.06. The topological polar surface area (TPSA) is 42.0 Å². The third kappa shape index (κ3) is 4.16. The molecule has 0 saturated carbocycles. The lowest BCUT2D eigenvalue weighted by molar-refractivity contribution is -0.113. The number of hydrogen-bond acceptors (Lipinski definition) is 3. The molecule has 0 radical (unpaired) electrons. The number of fused-ring (bicyclic) bond motifs is 1. The van der Waals surface area contributed by atoms with Gasteiger partial charge in [-0.05, 0) is 30.3 Å². The smallest absolute Gasteiger partial charge is 0.234 e. The Morgan fingerprint density at radius 3 is 2.61 bits per heavy atom. The highest BCUT2D eigenvalue weighted by atomic mass is 35.5. The molecule has 0 aliphatic carbocycles. The molecule has 23 heavy (non-hydrogen) atoms. The van der Waals surface area contributed by atoms with Gasteiger partial charge in [-0.2, -0.15) is 0 Å². The quantitative estimate of drug-likeness (QED) is 0.642. The summed E-state index contributed by atoms with van der Waals surface area (Å²) in [6, 6.07) is 14.8. The van der Waals surface area contributed by atoms with Crippen LogP contribution in [0.3, 0.4) is 0 Å². The summed E-state index contributed by atoms with van der Waals surface area (Å²) in [7, 11) is 0. The lowest BCUT2D eigenvalue weighted by Crippen LogP contribution is -2.14. The number of anilines is 1. The van der Waals surface area contributed by atoms with Crippen molar-refractivity contribution >= 4 is 57.5 Å². The maximum atomic E-state index is 12.1. The normalized spacial score (nSPS) is 10.7. The fraction of sp³-hybridized carbons (Fsp3) is 0.0588. The van der Waals surface area contributed by atoms with Crippen molar-refractivity contribution in [2.24, 2.45) is 0 Å². The number of carbonyl (C=O) groups is 1. The highest BCUT2D eigenvalue weighted by Crippen LogP contribution is 2.27. The van der Waals surface area contributed by atoms with Gasteiger partial charge in [0.1, 0.15) is 0 Å².